The molecule has 112 valence electrons. The van der Waals surface area contributed by atoms with E-state index in [-0.39, 0.29) is 5.82 Å². The highest BCUT2D eigenvalue weighted by atomic mass is 19.1. The fourth-order valence-corrected chi connectivity index (χ4v) is 2.30. The minimum atomic E-state index is -0.258. The van der Waals surface area contributed by atoms with E-state index < -0.39 is 0 Å². The summed E-state index contributed by atoms with van der Waals surface area (Å²) in [5, 5.41) is 3.22. The van der Waals surface area contributed by atoms with Gasteiger partial charge in [0.1, 0.15) is 0 Å². The number of pyridine rings is 1. The molecule has 0 saturated carbocycles. The minimum Gasteiger partial charge on any atom is -0.327 e. The van der Waals surface area contributed by atoms with Gasteiger partial charge in [0.2, 0.25) is 0 Å². The summed E-state index contributed by atoms with van der Waals surface area (Å²) in [4.78, 5) is 6.01. The summed E-state index contributed by atoms with van der Waals surface area (Å²) >= 11 is 0. The number of anilines is 2. The fraction of sp³-hybridized carbons (Fsp3) is 0.353. The van der Waals surface area contributed by atoms with Gasteiger partial charge in [0.05, 0.1) is 0 Å². The average Bonchev–Trinajstić information content (AvgIpc) is 2.49. The van der Waals surface area contributed by atoms with Crippen LogP contribution in [0.25, 0.3) is 0 Å². The third-order valence-corrected chi connectivity index (χ3v) is 3.49. The number of aromatic nitrogens is 1. The molecule has 3 nitrogen and oxygen atoms in total. The number of para-hydroxylation sites is 1. The van der Waals surface area contributed by atoms with Gasteiger partial charge >= 0.3 is 0 Å². The van der Waals surface area contributed by atoms with Crippen molar-refractivity contribution < 1.29 is 4.39 Å². The fourth-order valence-electron chi connectivity index (χ4n) is 2.30. The Morgan fingerprint density at radius 1 is 1.24 bits per heavy atom. The normalized spacial score (nSPS) is 10.7. The molecule has 0 amide bonds. The summed E-state index contributed by atoms with van der Waals surface area (Å²) < 4.78 is 14.6. The number of nitrogens with one attached hydrogen (secondary N) is 1. The highest BCUT2D eigenvalue weighted by molar-refractivity contribution is 5.63. The van der Waals surface area contributed by atoms with Crippen molar-refractivity contribution in [2.45, 2.75) is 26.8 Å². The lowest BCUT2D eigenvalue weighted by Gasteiger charge is -2.21. The lowest BCUT2D eigenvalue weighted by atomic mass is 10.1. The van der Waals surface area contributed by atoms with Gasteiger partial charge in [-0.1, -0.05) is 25.1 Å². The summed E-state index contributed by atoms with van der Waals surface area (Å²) in [6.07, 6.45) is 2.69. The Labute approximate surface area is 125 Å². The zero-order chi connectivity index (χ0) is 15.2. The highest BCUT2D eigenvalue weighted by Crippen LogP contribution is 2.28. The predicted molar refractivity (Wildman–Crippen MR) is 85.4 cm³/mol. The molecule has 2 aromatic rings. The Morgan fingerprint density at radius 2 is 2.00 bits per heavy atom. The number of aryl methyl sites for hydroxylation is 1. The maximum absolute atomic E-state index is 14.6. The number of halogens is 1. The van der Waals surface area contributed by atoms with Gasteiger partial charge in [0, 0.05) is 31.0 Å². The quantitative estimate of drug-likeness (QED) is 0.819. The maximum atomic E-state index is 14.6. The van der Waals surface area contributed by atoms with Crippen LogP contribution in [0.3, 0.4) is 0 Å². The van der Waals surface area contributed by atoms with Crippen molar-refractivity contribution in [1.29, 1.82) is 0 Å². The second-order valence-corrected chi connectivity index (χ2v) is 5.13. The standard InChI is InChI=1S/C17H22FN3/c1-4-10-19-12-14-9-11-20-17(16(14)18)21(3)15-8-6-5-7-13(15)2/h5-9,11,19H,4,10,12H2,1-3H3. The minimum absolute atomic E-state index is 0.258. The molecule has 1 N–H and O–H groups in total. The van der Waals surface area contributed by atoms with Crippen LogP contribution in [0.2, 0.25) is 0 Å². The van der Waals surface area contributed by atoms with Gasteiger partial charge in [0.15, 0.2) is 11.6 Å². The Kier molecular flexibility index (Phi) is 5.28. The third kappa shape index (κ3) is 3.58. The topological polar surface area (TPSA) is 28.2 Å². The van der Waals surface area contributed by atoms with E-state index in [0.717, 1.165) is 24.2 Å². The van der Waals surface area contributed by atoms with Gasteiger partial charge in [-0.05, 0) is 37.6 Å². The van der Waals surface area contributed by atoms with Crippen molar-refractivity contribution in [3.63, 3.8) is 0 Å². The van der Waals surface area contributed by atoms with Crippen molar-refractivity contribution in [1.82, 2.24) is 10.3 Å². The molecule has 0 aliphatic rings. The van der Waals surface area contributed by atoms with Crippen LogP contribution in [-0.4, -0.2) is 18.6 Å². The average molecular weight is 287 g/mol. The third-order valence-electron chi connectivity index (χ3n) is 3.49. The molecular formula is C17H22FN3. The largest absolute Gasteiger partial charge is 0.327 e. The first kappa shape index (κ1) is 15.4. The van der Waals surface area contributed by atoms with E-state index in [4.69, 9.17) is 0 Å². The van der Waals surface area contributed by atoms with Gasteiger partial charge in [0.25, 0.3) is 0 Å². The van der Waals surface area contributed by atoms with E-state index in [2.05, 4.69) is 17.2 Å². The van der Waals surface area contributed by atoms with Crippen LogP contribution in [0, 0.1) is 12.7 Å². The summed E-state index contributed by atoms with van der Waals surface area (Å²) in [6, 6.07) is 9.63. The van der Waals surface area contributed by atoms with Crippen LogP contribution in [0.5, 0.6) is 0 Å². The van der Waals surface area contributed by atoms with Gasteiger partial charge in [-0.3, -0.25) is 0 Å². The molecule has 1 heterocycles. The van der Waals surface area contributed by atoms with Crippen LogP contribution in [0.4, 0.5) is 15.9 Å². The molecule has 0 unspecified atom stereocenters. The van der Waals surface area contributed by atoms with Crippen molar-refractivity contribution >= 4 is 11.5 Å². The number of rotatable bonds is 6. The molecule has 0 aliphatic carbocycles. The zero-order valence-corrected chi connectivity index (χ0v) is 12.9. The van der Waals surface area contributed by atoms with Crippen LogP contribution < -0.4 is 10.2 Å². The molecule has 1 aromatic heterocycles. The van der Waals surface area contributed by atoms with Crippen LogP contribution in [0.1, 0.15) is 24.5 Å². The smallest absolute Gasteiger partial charge is 0.170 e. The van der Waals surface area contributed by atoms with E-state index in [1.807, 2.05) is 38.2 Å². The van der Waals surface area contributed by atoms with Crippen LogP contribution in [-0.2, 0) is 6.54 Å². The molecule has 0 bridgehead atoms. The summed E-state index contributed by atoms with van der Waals surface area (Å²) in [5.41, 5.74) is 2.70. The molecule has 0 spiro atoms. The lowest BCUT2D eigenvalue weighted by molar-refractivity contribution is 0.581. The summed E-state index contributed by atoms with van der Waals surface area (Å²) in [5.74, 6) is 0.104. The number of hydrogen-bond donors (Lipinski definition) is 1. The monoisotopic (exact) mass is 287 g/mol. The first-order chi connectivity index (χ1) is 10.1. The second-order valence-electron chi connectivity index (χ2n) is 5.13. The van der Waals surface area contributed by atoms with Crippen LogP contribution >= 0.6 is 0 Å². The lowest BCUT2D eigenvalue weighted by Crippen LogP contribution is -2.18. The van der Waals surface area contributed by atoms with Gasteiger partial charge < -0.3 is 10.2 Å². The molecule has 0 radical (unpaired) electrons. The van der Waals surface area contributed by atoms with E-state index in [0.29, 0.717) is 17.9 Å². The van der Waals surface area contributed by atoms with E-state index >= 15 is 0 Å². The molecule has 0 aliphatic heterocycles. The first-order valence-electron chi connectivity index (χ1n) is 7.28. The number of hydrogen-bond acceptors (Lipinski definition) is 3. The highest BCUT2D eigenvalue weighted by Gasteiger charge is 2.15. The van der Waals surface area contributed by atoms with E-state index in [1.54, 1.807) is 17.2 Å². The zero-order valence-electron chi connectivity index (χ0n) is 12.9. The maximum Gasteiger partial charge on any atom is 0.170 e. The molecule has 0 fully saturated rings. The van der Waals surface area contributed by atoms with Crippen molar-refractivity contribution in [3.05, 3.63) is 53.5 Å². The van der Waals surface area contributed by atoms with Crippen molar-refractivity contribution in [2.75, 3.05) is 18.5 Å². The van der Waals surface area contributed by atoms with E-state index in [9.17, 15) is 4.39 Å². The first-order valence-corrected chi connectivity index (χ1v) is 7.28. The second kappa shape index (κ2) is 7.18. The summed E-state index contributed by atoms with van der Waals surface area (Å²) in [7, 11) is 1.84. The van der Waals surface area contributed by atoms with Crippen molar-refractivity contribution in [3.8, 4) is 0 Å². The van der Waals surface area contributed by atoms with Gasteiger partial charge in [-0.25, -0.2) is 9.37 Å². The SMILES string of the molecule is CCCNCc1ccnc(N(C)c2ccccc2C)c1F. The molecule has 1 aromatic carbocycles. The van der Waals surface area contributed by atoms with E-state index in [1.165, 1.54) is 0 Å². The van der Waals surface area contributed by atoms with Gasteiger partial charge in [-0.2, -0.15) is 0 Å². The number of nitrogens with zero attached hydrogens (tertiary/aromatic N) is 2. The predicted octanol–water partition coefficient (Wildman–Crippen LogP) is 3.80. The van der Waals surface area contributed by atoms with Crippen LogP contribution in [0.15, 0.2) is 36.5 Å². The van der Waals surface area contributed by atoms with Crippen molar-refractivity contribution in [2.24, 2.45) is 0 Å². The number of benzene rings is 1. The molecular weight excluding hydrogens is 265 g/mol. The Morgan fingerprint density at radius 3 is 2.71 bits per heavy atom. The molecule has 21 heavy (non-hydrogen) atoms. The Bertz CT molecular complexity index is 598. The molecule has 4 heteroatoms. The molecule has 0 saturated heterocycles. The molecule has 0 atom stereocenters. The Hall–Kier alpha value is -1.94. The van der Waals surface area contributed by atoms with Gasteiger partial charge in [-0.15, -0.1) is 0 Å². The summed E-state index contributed by atoms with van der Waals surface area (Å²) in [6.45, 7) is 5.51. The Balaban J connectivity index is 2.27. The molecule has 2 rings (SSSR count).